The molecule has 3 aromatic rings. The Morgan fingerprint density at radius 2 is 1.95 bits per heavy atom. The van der Waals surface area contributed by atoms with Crippen LogP contribution in [0.3, 0.4) is 0 Å². The van der Waals surface area contributed by atoms with E-state index in [0.717, 1.165) is 27.1 Å². The Morgan fingerprint density at radius 3 is 2.71 bits per heavy atom. The standard InChI is InChI=1S/C16H14N2O2S/c1-10-2-4-11(5-3-10)8-15(19)17-12-6-7-13-14(9-12)21-16(20)18-13/h2-7,9H,8H2,1H3,(H,17,19)(H,18,20). The first-order valence-electron chi connectivity index (χ1n) is 6.58. The predicted molar refractivity (Wildman–Crippen MR) is 86.0 cm³/mol. The van der Waals surface area contributed by atoms with Crippen LogP contribution in [0.5, 0.6) is 0 Å². The Bertz CT molecular complexity index is 847. The number of aryl methyl sites for hydroxylation is 1. The van der Waals surface area contributed by atoms with Gasteiger partial charge in [-0.2, -0.15) is 0 Å². The summed E-state index contributed by atoms with van der Waals surface area (Å²) < 4.78 is 0.841. The predicted octanol–water partition coefficient (Wildman–Crippen LogP) is 3.08. The van der Waals surface area contributed by atoms with Crippen molar-refractivity contribution in [3.63, 3.8) is 0 Å². The van der Waals surface area contributed by atoms with Crippen molar-refractivity contribution < 1.29 is 4.79 Å². The zero-order chi connectivity index (χ0) is 14.8. The van der Waals surface area contributed by atoms with E-state index in [9.17, 15) is 9.59 Å². The summed E-state index contributed by atoms with van der Waals surface area (Å²) in [5, 5.41) is 2.86. The highest BCUT2D eigenvalue weighted by atomic mass is 32.1. The van der Waals surface area contributed by atoms with Gasteiger partial charge in [0.2, 0.25) is 5.91 Å². The quantitative estimate of drug-likeness (QED) is 0.780. The monoisotopic (exact) mass is 298 g/mol. The summed E-state index contributed by atoms with van der Waals surface area (Å²) in [5.41, 5.74) is 3.65. The average Bonchev–Trinajstić information content (AvgIpc) is 2.80. The Hall–Kier alpha value is -2.40. The largest absolute Gasteiger partial charge is 0.326 e. The number of fused-ring (bicyclic) bond motifs is 1. The van der Waals surface area contributed by atoms with Crippen LogP contribution in [0.15, 0.2) is 47.3 Å². The molecule has 0 aliphatic carbocycles. The van der Waals surface area contributed by atoms with Crippen LogP contribution in [0.1, 0.15) is 11.1 Å². The van der Waals surface area contributed by atoms with E-state index in [0.29, 0.717) is 12.1 Å². The topological polar surface area (TPSA) is 62.0 Å². The molecule has 3 rings (SSSR count). The third-order valence-corrected chi connectivity index (χ3v) is 4.04. The van der Waals surface area contributed by atoms with Crippen molar-refractivity contribution >= 4 is 33.1 Å². The van der Waals surface area contributed by atoms with E-state index in [1.54, 1.807) is 12.1 Å². The number of amides is 1. The minimum absolute atomic E-state index is 0.0684. The van der Waals surface area contributed by atoms with Gasteiger partial charge in [0.15, 0.2) is 0 Å². The minimum atomic E-state index is -0.0897. The lowest BCUT2D eigenvalue weighted by Gasteiger charge is -2.05. The number of thiazole rings is 1. The summed E-state index contributed by atoms with van der Waals surface area (Å²) >= 11 is 1.14. The number of anilines is 1. The first-order valence-corrected chi connectivity index (χ1v) is 7.40. The Balaban J connectivity index is 1.73. The Kier molecular flexibility index (Phi) is 3.58. The molecule has 0 bridgehead atoms. The second-order valence-corrected chi connectivity index (χ2v) is 5.95. The first kappa shape index (κ1) is 13.6. The second-order valence-electron chi connectivity index (χ2n) is 4.94. The molecule has 4 nitrogen and oxygen atoms in total. The smallest absolute Gasteiger partial charge is 0.305 e. The fourth-order valence-corrected chi connectivity index (χ4v) is 2.90. The van der Waals surface area contributed by atoms with Crippen molar-refractivity contribution in [2.75, 3.05) is 5.32 Å². The molecule has 0 saturated carbocycles. The summed E-state index contributed by atoms with van der Waals surface area (Å²) in [4.78, 5) is 25.9. The number of H-pyrrole nitrogens is 1. The molecule has 0 spiro atoms. The first-order chi connectivity index (χ1) is 10.1. The summed E-state index contributed by atoms with van der Waals surface area (Å²) in [6.07, 6.45) is 0.335. The number of carbonyl (C=O) groups excluding carboxylic acids is 1. The molecule has 5 heteroatoms. The average molecular weight is 298 g/mol. The van der Waals surface area contributed by atoms with Gasteiger partial charge in [0.1, 0.15) is 0 Å². The highest BCUT2D eigenvalue weighted by molar-refractivity contribution is 7.16. The van der Waals surface area contributed by atoms with Crippen LogP contribution in [-0.2, 0) is 11.2 Å². The van der Waals surface area contributed by atoms with Crippen molar-refractivity contribution in [3.8, 4) is 0 Å². The van der Waals surface area contributed by atoms with Crippen molar-refractivity contribution in [2.45, 2.75) is 13.3 Å². The lowest BCUT2D eigenvalue weighted by atomic mass is 10.1. The van der Waals surface area contributed by atoms with Crippen LogP contribution < -0.4 is 10.2 Å². The van der Waals surface area contributed by atoms with Crippen molar-refractivity contribution in [2.24, 2.45) is 0 Å². The van der Waals surface area contributed by atoms with Gasteiger partial charge in [-0.15, -0.1) is 0 Å². The number of nitrogens with one attached hydrogen (secondary N) is 2. The van der Waals surface area contributed by atoms with Gasteiger partial charge in [0.05, 0.1) is 16.6 Å². The molecule has 1 aromatic heterocycles. The van der Waals surface area contributed by atoms with E-state index in [1.807, 2.05) is 37.3 Å². The minimum Gasteiger partial charge on any atom is -0.326 e. The lowest BCUT2D eigenvalue weighted by molar-refractivity contribution is -0.115. The highest BCUT2D eigenvalue weighted by Gasteiger charge is 2.06. The van der Waals surface area contributed by atoms with E-state index in [2.05, 4.69) is 10.3 Å². The number of benzene rings is 2. The van der Waals surface area contributed by atoms with Crippen molar-refractivity contribution in [1.29, 1.82) is 0 Å². The molecule has 0 aliphatic rings. The number of carbonyl (C=O) groups is 1. The molecule has 0 aliphatic heterocycles. The molecular formula is C16H14N2O2S. The van der Waals surface area contributed by atoms with Crippen LogP contribution in [-0.4, -0.2) is 10.9 Å². The van der Waals surface area contributed by atoms with Gasteiger partial charge in [-0.05, 0) is 30.7 Å². The molecule has 1 amide bonds. The van der Waals surface area contributed by atoms with E-state index >= 15 is 0 Å². The van der Waals surface area contributed by atoms with E-state index in [1.165, 1.54) is 5.56 Å². The molecule has 0 saturated heterocycles. The summed E-state index contributed by atoms with van der Waals surface area (Å²) in [5.74, 6) is -0.0684. The number of hydrogen-bond donors (Lipinski definition) is 2. The van der Waals surface area contributed by atoms with Gasteiger partial charge in [-0.25, -0.2) is 0 Å². The molecule has 2 aromatic carbocycles. The maximum atomic E-state index is 12.0. The molecule has 0 unspecified atom stereocenters. The lowest BCUT2D eigenvalue weighted by Crippen LogP contribution is -2.14. The van der Waals surface area contributed by atoms with Crippen LogP contribution in [0.4, 0.5) is 5.69 Å². The molecular weight excluding hydrogens is 284 g/mol. The third-order valence-electron chi connectivity index (χ3n) is 3.19. The summed E-state index contributed by atoms with van der Waals surface area (Å²) in [7, 11) is 0. The maximum absolute atomic E-state index is 12.0. The number of aromatic amines is 1. The molecule has 106 valence electrons. The number of aromatic nitrogens is 1. The molecule has 0 atom stereocenters. The van der Waals surface area contributed by atoms with Crippen molar-refractivity contribution in [1.82, 2.24) is 4.98 Å². The zero-order valence-corrected chi connectivity index (χ0v) is 12.3. The number of hydrogen-bond acceptors (Lipinski definition) is 3. The second kappa shape index (κ2) is 5.54. The van der Waals surface area contributed by atoms with Crippen LogP contribution >= 0.6 is 11.3 Å². The Labute approximate surface area is 125 Å². The molecule has 0 radical (unpaired) electrons. The maximum Gasteiger partial charge on any atom is 0.305 e. The van der Waals surface area contributed by atoms with Crippen LogP contribution in [0.25, 0.3) is 10.2 Å². The Morgan fingerprint density at radius 1 is 1.19 bits per heavy atom. The van der Waals surface area contributed by atoms with Crippen molar-refractivity contribution in [3.05, 3.63) is 63.3 Å². The van der Waals surface area contributed by atoms with E-state index in [-0.39, 0.29) is 10.8 Å². The fourth-order valence-electron chi connectivity index (χ4n) is 2.12. The third kappa shape index (κ3) is 3.20. The molecule has 21 heavy (non-hydrogen) atoms. The van der Waals surface area contributed by atoms with Gasteiger partial charge < -0.3 is 10.3 Å². The van der Waals surface area contributed by atoms with Gasteiger partial charge in [0.25, 0.3) is 0 Å². The summed E-state index contributed by atoms with van der Waals surface area (Å²) in [6.45, 7) is 2.02. The van der Waals surface area contributed by atoms with E-state index < -0.39 is 0 Å². The van der Waals surface area contributed by atoms with Gasteiger partial charge in [-0.3, -0.25) is 9.59 Å². The van der Waals surface area contributed by atoms with Gasteiger partial charge in [0, 0.05) is 5.69 Å². The summed E-state index contributed by atoms with van der Waals surface area (Å²) in [6, 6.07) is 13.3. The van der Waals surface area contributed by atoms with Gasteiger partial charge >= 0.3 is 4.87 Å². The number of rotatable bonds is 3. The van der Waals surface area contributed by atoms with Crippen LogP contribution in [0.2, 0.25) is 0 Å². The normalized spacial score (nSPS) is 10.7. The molecule has 1 heterocycles. The molecule has 2 N–H and O–H groups in total. The molecule has 0 fully saturated rings. The highest BCUT2D eigenvalue weighted by Crippen LogP contribution is 2.19. The SMILES string of the molecule is Cc1ccc(CC(=O)Nc2ccc3[nH]c(=O)sc3c2)cc1. The van der Waals surface area contributed by atoms with Crippen LogP contribution in [0, 0.1) is 6.92 Å². The fraction of sp³-hybridized carbons (Fsp3) is 0.125. The van der Waals surface area contributed by atoms with Gasteiger partial charge in [-0.1, -0.05) is 41.2 Å². The van der Waals surface area contributed by atoms with E-state index in [4.69, 9.17) is 0 Å². The zero-order valence-electron chi connectivity index (χ0n) is 11.5.